The third-order valence-corrected chi connectivity index (χ3v) is 6.46. The van der Waals surface area contributed by atoms with Crippen molar-refractivity contribution < 1.29 is 9.18 Å². The van der Waals surface area contributed by atoms with Crippen molar-refractivity contribution in [3.8, 4) is 0 Å². The summed E-state index contributed by atoms with van der Waals surface area (Å²) >= 11 is 0. The van der Waals surface area contributed by atoms with E-state index in [1.807, 2.05) is 32.0 Å². The fourth-order valence-electron chi connectivity index (χ4n) is 4.51. The average molecular weight is 561 g/mol. The van der Waals surface area contributed by atoms with Gasteiger partial charge in [0, 0.05) is 52.9 Å². The largest absolute Gasteiger partial charge is 0.354 e. The van der Waals surface area contributed by atoms with Gasteiger partial charge in [-0.1, -0.05) is 12.1 Å². The molecule has 2 aliphatic rings. The number of halogens is 2. The third-order valence-electron chi connectivity index (χ3n) is 6.46. The summed E-state index contributed by atoms with van der Waals surface area (Å²) < 4.78 is 13.7. The molecule has 0 aliphatic carbocycles. The first-order valence-corrected chi connectivity index (χ1v) is 11.3. The molecule has 0 radical (unpaired) electrons. The van der Waals surface area contributed by atoms with Crippen molar-refractivity contribution in [1.82, 2.24) is 24.9 Å². The first kappa shape index (κ1) is 26.8. The number of likely N-dealkylation sites (tertiary alicyclic amines) is 1. The molecule has 7 nitrogen and oxygen atoms in total. The summed E-state index contributed by atoms with van der Waals surface area (Å²) in [7, 11) is 5.79. The summed E-state index contributed by atoms with van der Waals surface area (Å²) in [5.74, 6) is 0.890. The lowest BCUT2D eigenvalue weighted by molar-refractivity contribution is -0.135. The van der Waals surface area contributed by atoms with Gasteiger partial charge in [-0.3, -0.25) is 14.7 Å². The highest BCUT2D eigenvalue weighted by atomic mass is 127. The number of nitrogens with zero attached hydrogens (tertiary/aromatic N) is 5. The van der Waals surface area contributed by atoms with E-state index in [0.717, 1.165) is 63.6 Å². The maximum absolute atomic E-state index is 13.7. The first-order valence-electron chi connectivity index (χ1n) is 11.3. The molecule has 2 saturated heterocycles. The standard InChI is InChI=1S/C23H37FN6O.HI/c1-18(22(31)29-10-5-6-11-29)28-12-14-30(15-13-28)23(25-2)26-17-21(27(3)4)19-8-7-9-20(24)16-19;/h7-9,16,18,21H,5-6,10-15,17H2,1-4H3,(H,25,26);1H. The lowest BCUT2D eigenvalue weighted by atomic mass is 10.1. The topological polar surface area (TPSA) is 54.4 Å². The molecule has 2 heterocycles. The predicted octanol–water partition coefficient (Wildman–Crippen LogP) is 2.25. The summed E-state index contributed by atoms with van der Waals surface area (Å²) in [5, 5.41) is 3.47. The Kier molecular flexibility index (Phi) is 10.6. The van der Waals surface area contributed by atoms with E-state index < -0.39 is 0 Å². The van der Waals surface area contributed by atoms with Crippen molar-refractivity contribution in [2.45, 2.75) is 31.8 Å². The van der Waals surface area contributed by atoms with Crippen LogP contribution in [-0.2, 0) is 4.79 Å². The Morgan fingerprint density at radius 2 is 1.78 bits per heavy atom. The summed E-state index contributed by atoms with van der Waals surface area (Å²) in [5.41, 5.74) is 0.937. The van der Waals surface area contributed by atoms with Crippen molar-refractivity contribution in [3.63, 3.8) is 0 Å². The molecule has 180 valence electrons. The Morgan fingerprint density at radius 3 is 2.34 bits per heavy atom. The van der Waals surface area contributed by atoms with Crippen LogP contribution < -0.4 is 5.32 Å². The lowest BCUT2D eigenvalue weighted by Crippen LogP contribution is -2.57. The van der Waals surface area contributed by atoms with Crippen LogP contribution in [0.1, 0.15) is 31.4 Å². The normalized spacial score (nSPS) is 19.6. The number of piperazine rings is 1. The molecule has 3 rings (SSSR count). The van der Waals surface area contributed by atoms with E-state index >= 15 is 0 Å². The molecule has 0 bridgehead atoms. The highest BCUT2D eigenvalue weighted by Gasteiger charge is 2.30. The van der Waals surface area contributed by atoms with Crippen LogP contribution in [-0.4, -0.2) is 104 Å². The molecule has 0 aromatic heterocycles. The van der Waals surface area contributed by atoms with Gasteiger partial charge in [-0.05, 0) is 51.6 Å². The molecule has 2 fully saturated rings. The molecule has 0 saturated carbocycles. The van der Waals surface area contributed by atoms with E-state index in [2.05, 4.69) is 25.0 Å². The zero-order valence-corrected chi connectivity index (χ0v) is 22.1. The van der Waals surface area contributed by atoms with E-state index in [1.165, 1.54) is 6.07 Å². The monoisotopic (exact) mass is 560 g/mol. The van der Waals surface area contributed by atoms with Crippen LogP contribution in [0.4, 0.5) is 4.39 Å². The Morgan fingerprint density at radius 1 is 1.12 bits per heavy atom. The van der Waals surface area contributed by atoms with Crippen LogP contribution in [0.3, 0.4) is 0 Å². The van der Waals surface area contributed by atoms with Gasteiger partial charge in [-0.15, -0.1) is 24.0 Å². The molecule has 1 aromatic carbocycles. The number of rotatable bonds is 6. The molecule has 9 heteroatoms. The van der Waals surface area contributed by atoms with Crippen LogP contribution in [0, 0.1) is 5.82 Å². The first-order chi connectivity index (χ1) is 14.9. The van der Waals surface area contributed by atoms with E-state index in [0.29, 0.717) is 6.54 Å². The van der Waals surface area contributed by atoms with Crippen LogP contribution in [0.15, 0.2) is 29.3 Å². The van der Waals surface area contributed by atoms with Crippen molar-refractivity contribution in [2.24, 2.45) is 4.99 Å². The van der Waals surface area contributed by atoms with E-state index in [-0.39, 0.29) is 47.8 Å². The van der Waals surface area contributed by atoms with E-state index in [1.54, 1.807) is 19.2 Å². The van der Waals surface area contributed by atoms with Crippen molar-refractivity contribution in [3.05, 3.63) is 35.6 Å². The van der Waals surface area contributed by atoms with Gasteiger partial charge in [-0.2, -0.15) is 0 Å². The van der Waals surface area contributed by atoms with Crippen LogP contribution >= 0.6 is 24.0 Å². The number of carbonyl (C=O) groups excluding carboxylic acids is 1. The number of guanidine groups is 1. The van der Waals surface area contributed by atoms with Gasteiger partial charge in [0.15, 0.2) is 5.96 Å². The Hall–Kier alpha value is -1.46. The minimum absolute atomic E-state index is 0. The molecular formula is C23H38FIN6O. The number of likely N-dealkylation sites (N-methyl/N-ethyl adjacent to an activating group) is 1. The summed E-state index contributed by atoms with van der Waals surface area (Å²) in [6.07, 6.45) is 2.25. The zero-order chi connectivity index (χ0) is 22.4. The summed E-state index contributed by atoms with van der Waals surface area (Å²) in [4.78, 5) is 25.8. The average Bonchev–Trinajstić information content (AvgIpc) is 3.31. The number of hydrogen-bond donors (Lipinski definition) is 1. The maximum atomic E-state index is 13.7. The second kappa shape index (κ2) is 12.7. The second-order valence-electron chi connectivity index (χ2n) is 8.69. The number of amides is 1. The molecule has 2 unspecified atom stereocenters. The van der Waals surface area contributed by atoms with Gasteiger partial charge in [-0.25, -0.2) is 4.39 Å². The fourth-order valence-corrected chi connectivity index (χ4v) is 4.51. The Balaban J connectivity index is 0.00000363. The van der Waals surface area contributed by atoms with Gasteiger partial charge >= 0.3 is 0 Å². The minimum atomic E-state index is -0.220. The molecular weight excluding hydrogens is 522 g/mol. The predicted molar refractivity (Wildman–Crippen MR) is 138 cm³/mol. The number of aliphatic imine (C=N–C) groups is 1. The van der Waals surface area contributed by atoms with Crippen LogP contribution in [0.5, 0.6) is 0 Å². The maximum Gasteiger partial charge on any atom is 0.239 e. The molecule has 0 spiro atoms. The summed E-state index contributed by atoms with van der Waals surface area (Å²) in [6, 6.07) is 6.73. The number of carbonyl (C=O) groups is 1. The quantitative estimate of drug-likeness (QED) is 0.329. The van der Waals surface area contributed by atoms with Gasteiger partial charge < -0.3 is 20.0 Å². The molecule has 2 atom stereocenters. The Labute approximate surface area is 209 Å². The van der Waals surface area contributed by atoms with Crippen molar-refractivity contribution in [1.29, 1.82) is 0 Å². The fraction of sp³-hybridized carbons (Fsp3) is 0.652. The Bertz CT molecular complexity index is 763. The SMILES string of the molecule is CN=C(NCC(c1cccc(F)c1)N(C)C)N1CCN(C(C)C(=O)N2CCCC2)CC1.I. The third kappa shape index (κ3) is 6.77. The van der Waals surface area contributed by atoms with Crippen LogP contribution in [0.25, 0.3) is 0 Å². The lowest BCUT2D eigenvalue weighted by Gasteiger charge is -2.40. The molecule has 1 amide bonds. The molecule has 2 aliphatic heterocycles. The molecule has 1 N–H and O–H groups in total. The smallest absolute Gasteiger partial charge is 0.239 e. The zero-order valence-electron chi connectivity index (χ0n) is 19.8. The summed E-state index contributed by atoms with van der Waals surface area (Å²) in [6.45, 7) is 7.78. The number of hydrogen-bond acceptors (Lipinski definition) is 4. The molecule has 1 aromatic rings. The minimum Gasteiger partial charge on any atom is -0.354 e. The van der Waals surface area contributed by atoms with Gasteiger partial charge in [0.2, 0.25) is 5.91 Å². The van der Waals surface area contributed by atoms with Crippen molar-refractivity contribution >= 4 is 35.8 Å². The highest BCUT2D eigenvalue weighted by Crippen LogP contribution is 2.19. The van der Waals surface area contributed by atoms with Crippen LogP contribution in [0.2, 0.25) is 0 Å². The van der Waals surface area contributed by atoms with Crippen molar-refractivity contribution in [2.75, 3.05) is 67.0 Å². The van der Waals surface area contributed by atoms with Gasteiger partial charge in [0.1, 0.15) is 5.82 Å². The van der Waals surface area contributed by atoms with Gasteiger partial charge in [0.05, 0.1) is 12.1 Å². The number of nitrogens with one attached hydrogen (secondary N) is 1. The second-order valence-corrected chi connectivity index (χ2v) is 8.69. The van der Waals surface area contributed by atoms with Gasteiger partial charge in [0.25, 0.3) is 0 Å². The van der Waals surface area contributed by atoms with E-state index in [9.17, 15) is 9.18 Å². The molecule has 32 heavy (non-hydrogen) atoms. The number of benzene rings is 1. The highest BCUT2D eigenvalue weighted by molar-refractivity contribution is 14.0. The van der Waals surface area contributed by atoms with E-state index in [4.69, 9.17) is 0 Å².